The number of rotatable bonds is 5. The number of hydrogen-bond acceptors (Lipinski definition) is 7. The third kappa shape index (κ3) is 4.08. The molecule has 0 fully saturated rings. The Morgan fingerprint density at radius 2 is 1.91 bits per heavy atom. The molecule has 0 saturated carbocycles. The van der Waals surface area contributed by atoms with E-state index in [-0.39, 0.29) is 11.6 Å². The van der Waals surface area contributed by atoms with Gasteiger partial charge in [0.2, 0.25) is 5.95 Å². The number of nitrogens with one attached hydrogen (secondary N) is 1. The predicted octanol–water partition coefficient (Wildman–Crippen LogP) is 4.85. The van der Waals surface area contributed by atoms with Gasteiger partial charge in [-0.3, -0.25) is 4.99 Å². The summed E-state index contributed by atoms with van der Waals surface area (Å²) in [5, 5.41) is 20.0. The van der Waals surface area contributed by atoms with Gasteiger partial charge in [0, 0.05) is 33.5 Å². The summed E-state index contributed by atoms with van der Waals surface area (Å²) in [7, 11) is 0. The number of benzene rings is 2. The second-order valence-electron chi connectivity index (χ2n) is 7.45. The Labute approximate surface area is 198 Å². The van der Waals surface area contributed by atoms with Gasteiger partial charge in [-0.05, 0) is 29.8 Å². The summed E-state index contributed by atoms with van der Waals surface area (Å²) in [5.74, 6) is -0.617. The van der Waals surface area contributed by atoms with Crippen LogP contribution in [-0.2, 0) is 13.2 Å². The fraction of sp³-hybridized carbons (Fsp3) is 0.0833. The number of aliphatic imine (C=N–C) groups is 1. The number of aromatic nitrogens is 4. The van der Waals surface area contributed by atoms with Gasteiger partial charge in [-0.1, -0.05) is 41.9 Å². The number of aromatic carboxylic acids is 1. The molecule has 8 nitrogen and oxygen atoms in total. The maximum absolute atomic E-state index is 13.7. The second kappa shape index (κ2) is 8.95. The summed E-state index contributed by atoms with van der Waals surface area (Å²) in [4.78, 5) is 24.8. The number of carboxylic acid groups (broad SMARTS) is 1. The van der Waals surface area contributed by atoms with Crippen LogP contribution in [0.3, 0.4) is 0 Å². The van der Waals surface area contributed by atoms with E-state index < -0.39 is 12.6 Å². The fourth-order valence-corrected chi connectivity index (χ4v) is 3.88. The Hall–Kier alpha value is -4.24. The van der Waals surface area contributed by atoms with Crippen LogP contribution in [0.1, 0.15) is 32.7 Å². The third-order valence-corrected chi connectivity index (χ3v) is 5.54. The van der Waals surface area contributed by atoms with Crippen LogP contribution in [0.2, 0.25) is 5.02 Å². The minimum absolute atomic E-state index is 0.169. The van der Waals surface area contributed by atoms with E-state index in [0.717, 1.165) is 16.7 Å². The summed E-state index contributed by atoms with van der Waals surface area (Å²) in [6.45, 7) is -0.321. The lowest BCUT2D eigenvalue weighted by atomic mass is 9.93. The number of carboxylic acids is 1. The van der Waals surface area contributed by atoms with Gasteiger partial charge in [-0.15, -0.1) is 10.2 Å². The SMILES string of the molecule is O=C(O)c1ccc(Nc2ncc3c(n2)-c2ccc(Cl)cc2C(c2ccccc2CF)=NC3)nn1. The molecule has 0 saturated heterocycles. The molecule has 2 aromatic heterocycles. The number of anilines is 2. The van der Waals surface area contributed by atoms with Crippen LogP contribution < -0.4 is 5.32 Å². The van der Waals surface area contributed by atoms with Gasteiger partial charge in [0.1, 0.15) is 6.67 Å². The van der Waals surface area contributed by atoms with Crippen LogP contribution in [-0.4, -0.2) is 37.0 Å². The maximum atomic E-state index is 13.7. The van der Waals surface area contributed by atoms with Gasteiger partial charge in [0.25, 0.3) is 0 Å². The second-order valence-corrected chi connectivity index (χ2v) is 7.88. The highest BCUT2D eigenvalue weighted by atomic mass is 35.5. The Kier molecular flexibility index (Phi) is 5.69. The van der Waals surface area contributed by atoms with Crippen LogP contribution in [0.25, 0.3) is 11.3 Å². The Morgan fingerprint density at radius 1 is 1.06 bits per heavy atom. The molecule has 0 radical (unpaired) electrons. The van der Waals surface area contributed by atoms with Crippen molar-refractivity contribution >= 4 is 35.0 Å². The fourth-order valence-electron chi connectivity index (χ4n) is 3.71. The van der Waals surface area contributed by atoms with Crippen molar-refractivity contribution in [1.82, 2.24) is 20.2 Å². The summed E-state index contributed by atoms with van der Waals surface area (Å²) in [6, 6.07) is 15.4. The zero-order valence-electron chi connectivity index (χ0n) is 17.5. The van der Waals surface area contributed by atoms with Crippen LogP contribution in [0.15, 0.2) is 65.8 Å². The minimum Gasteiger partial charge on any atom is -0.476 e. The molecule has 1 aliphatic rings. The van der Waals surface area contributed by atoms with Crippen molar-refractivity contribution in [1.29, 1.82) is 0 Å². The molecule has 3 heterocycles. The van der Waals surface area contributed by atoms with Crippen molar-refractivity contribution in [3.63, 3.8) is 0 Å². The highest BCUT2D eigenvalue weighted by molar-refractivity contribution is 6.31. The molecule has 0 spiro atoms. The van der Waals surface area contributed by atoms with Crippen LogP contribution in [0.5, 0.6) is 0 Å². The first kappa shape index (κ1) is 21.6. The number of fused-ring (bicyclic) bond motifs is 3. The molecule has 2 N–H and O–H groups in total. The normalized spacial score (nSPS) is 12.2. The van der Waals surface area contributed by atoms with E-state index in [4.69, 9.17) is 21.7 Å². The molecule has 0 amide bonds. The van der Waals surface area contributed by atoms with E-state index in [9.17, 15) is 9.18 Å². The number of hydrogen-bond donors (Lipinski definition) is 2. The first-order valence-corrected chi connectivity index (χ1v) is 10.6. The lowest BCUT2D eigenvalue weighted by Crippen LogP contribution is -2.08. The van der Waals surface area contributed by atoms with Gasteiger partial charge in [-0.2, -0.15) is 0 Å². The number of carbonyl (C=O) groups is 1. The van der Waals surface area contributed by atoms with Crippen molar-refractivity contribution in [3.05, 3.63) is 93.8 Å². The quantitative estimate of drug-likeness (QED) is 0.425. The molecular formula is C24H16ClFN6O2. The van der Waals surface area contributed by atoms with E-state index in [1.165, 1.54) is 12.1 Å². The van der Waals surface area contributed by atoms with Gasteiger partial charge < -0.3 is 10.4 Å². The van der Waals surface area contributed by atoms with E-state index in [1.54, 1.807) is 30.5 Å². The van der Waals surface area contributed by atoms with Gasteiger partial charge >= 0.3 is 5.97 Å². The van der Waals surface area contributed by atoms with Gasteiger partial charge in [-0.25, -0.2) is 19.2 Å². The minimum atomic E-state index is -1.17. The molecule has 10 heteroatoms. The maximum Gasteiger partial charge on any atom is 0.356 e. The average molecular weight is 475 g/mol. The Balaban J connectivity index is 1.58. The van der Waals surface area contributed by atoms with E-state index in [0.29, 0.717) is 39.9 Å². The number of alkyl halides is 1. The van der Waals surface area contributed by atoms with Crippen molar-refractivity contribution in [3.8, 4) is 11.3 Å². The molecule has 0 bridgehead atoms. The molecule has 0 unspecified atom stereocenters. The molecule has 34 heavy (non-hydrogen) atoms. The van der Waals surface area contributed by atoms with E-state index in [1.807, 2.05) is 18.2 Å². The van der Waals surface area contributed by atoms with Gasteiger partial charge in [0.05, 0.1) is 18.0 Å². The monoisotopic (exact) mass is 474 g/mol. The van der Waals surface area contributed by atoms with Crippen molar-refractivity contribution < 1.29 is 14.3 Å². The van der Waals surface area contributed by atoms with Crippen LogP contribution in [0, 0.1) is 0 Å². The smallest absolute Gasteiger partial charge is 0.356 e. The molecule has 2 aromatic carbocycles. The van der Waals surface area contributed by atoms with Crippen molar-refractivity contribution in [2.75, 3.05) is 5.32 Å². The number of halogens is 2. The highest BCUT2D eigenvalue weighted by Gasteiger charge is 2.23. The number of nitrogens with zero attached hydrogens (tertiary/aromatic N) is 5. The standard InChI is InChI=1S/C24H16ClFN6O2/c25-15-5-6-17-18(9-15)22(16-4-2-1-3-13(16)10-26)27-11-14-12-28-24(30-21(14)17)29-20-8-7-19(23(33)34)31-32-20/h1-9,12H,10-11H2,(H,33,34)(H,28,29,30,32). The zero-order chi connectivity index (χ0) is 23.7. The van der Waals surface area contributed by atoms with Crippen LogP contribution >= 0.6 is 11.6 Å². The lowest BCUT2D eigenvalue weighted by molar-refractivity contribution is 0.0689. The molecule has 5 rings (SSSR count). The summed E-state index contributed by atoms with van der Waals surface area (Å²) < 4.78 is 13.7. The Bertz CT molecular complexity index is 1440. The lowest BCUT2D eigenvalue weighted by Gasteiger charge is -2.14. The summed E-state index contributed by atoms with van der Waals surface area (Å²) in [6.07, 6.45) is 1.66. The average Bonchev–Trinajstić information content (AvgIpc) is 3.00. The van der Waals surface area contributed by atoms with E-state index in [2.05, 4.69) is 25.5 Å². The molecule has 4 aromatic rings. The van der Waals surface area contributed by atoms with Crippen molar-refractivity contribution in [2.45, 2.75) is 13.2 Å². The summed E-state index contributed by atoms with van der Waals surface area (Å²) >= 11 is 6.33. The topological polar surface area (TPSA) is 113 Å². The highest BCUT2D eigenvalue weighted by Crippen LogP contribution is 2.34. The molecule has 168 valence electrons. The molecular weight excluding hydrogens is 459 g/mol. The molecule has 0 aliphatic carbocycles. The van der Waals surface area contributed by atoms with Crippen LogP contribution in [0.4, 0.5) is 16.2 Å². The molecule has 1 aliphatic heterocycles. The Morgan fingerprint density at radius 3 is 2.68 bits per heavy atom. The van der Waals surface area contributed by atoms with E-state index >= 15 is 0 Å². The summed E-state index contributed by atoms with van der Waals surface area (Å²) in [5.41, 5.74) is 4.65. The first-order valence-electron chi connectivity index (χ1n) is 10.2. The third-order valence-electron chi connectivity index (χ3n) is 5.30. The van der Waals surface area contributed by atoms with Gasteiger partial charge in [0.15, 0.2) is 11.5 Å². The zero-order valence-corrected chi connectivity index (χ0v) is 18.3. The predicted molar refractivity (Wildman–Crippen MR) is 125 cm³/mol. The largest absolute Gasteiger partial charge is 0.476 e. The first-order chi connectivity index (χ1) is 16.5. The molecule has 0 atom stereocenters. The van der Waals surface area contributed by atoms with Crippen molar-refractivity contribution in [2.24, 2.45) is 4.99 Å².